The van der Waals surface area contributed by atoms with E-state index in [0.29, 0.717) is 10.9 Å². The fraction of sp³-hybridized carbons (Fsp3) is 0.538. The zero-order chi connectivity index (χ0) is 15.3. The Hall–Kier alpha value is -1.63. The molecule has 0 aliphatic carbocycles. The zero-order valence-corrected chi connectivity index (χ0v) is 13.1. The number of carbonyl (C=O) groups excluding carboxylic acids is 1. The van der Waals surface area contributed by atoms with Crippen molar-refractivity contribution in [2.24, 2.45) is 11.7 Å². The van der Waals surface area contributed by atoms with Gasteiger partial charge in [-0.25, -0.2) is 9.97 Å². The van der Waals surface area contributed by atoms with Crippen molar-refractivity contribution in [3.63, 3.8) is 0 Å². The summed E-state index contributed by atoms with van der Waals surface area (Å²) >= 11 is 1.09. The minimum Gasteiger partial charge on any atom is -0.378 e. The molecule has 4 N–H and O–H groups in total. The molecule has 0 aliphatic rings. The summed E-state index contributed by atoms with van der Waals surface area (Å²) in [5.74, 6) is 0.602. The highest BCUT2D eigenvalue weighted by atomic mass is 32.2. The molecular formula is C13H21N5OS. The molecule has 1 heterocycles. The van der Waals surface area contributed by atoms with Crippen molar-refractivity contribution in [1.82, 2.24) is 9.97 Å². The van der Waals surface area contributed by atoms with Gasteiger partial charge in [-0.1, -0.05) is 13.8 Å². The number of nitrogens with two attached hydrogens (primary N) is 1. The van der Waals surface area contributed by atoms with Gasteiger partial charge in [0.25, 0.3) is 0 Å². The molecule has 0 saturated carbocycles. The molecule has 0 atom stereocenters. The minimum atomic E-state index is -0.224. The maximum Gasteiger partial charge on any atom is 0.230 e. The van der Waals surface area contributed by atoms with Crippen molar-refractivity contribution < 1.29 is 4.79 Å². The fourth-order valence-electron chi connectivity index (χ4n) is 1.69. The highest BCUT2D eigenvalue weighted by Crippen LogP contribution is 2.26. The number of amides is 1. The molecule has 110 valence electrons. The second-order valence-electron chi connectivity index (χ2n) is 5.00. The first-order valence-electron chi connectivity index (χ1n) is 6.46. The van der Waals surface area contributed by atoms with Crippen LogP contribution in [0.1, 0.15) is 38.4 Å². The number of aryl methyl sites for hydroxylation is 1. The monoisotopic (exact) mass is 295 g/mol. The Bertz CT molecular complexity index is 516. The van der Waals surface area contributed by atoms with Crippen LogP contribution >= 0.6 is 11.8 Å². The van der Waals surface area contributed by atoms with Gasteiger partial charge in [0.2, 0.25) is 11.9 Å². The largest absolute Gasteiger partial charge is 0.378 e. The number of nitrogens with one attached hydrogen (secondary N) is 2. The highest BCUT2D eigenvalue weighted by Gasteiger charge is 2.14. The fourth-order valence-corrected chi connectivity index (χ4v) is 2.41. The van der Waals surface area contributed by atoms with Gasteiger partial charge in [-0.2, -0.15) is 0 Å². The van der Waals surface area contributed by atoms with Gasteiger partial charge in [0.1, 0.15) is 5.03 Å². The standard InChI is InChI=1S/C13H21N5OS/c1-7(2)5-6-10-8(3)16-13(17-9(4)19)18-11(10)20-12(14)15/h7H,5-6H2,1-4H3,(H3,14,15)(H,16,17,18,19). The number of aromatic nitrogens is 2. The maximum atomic E-state index is 11.1. The summed E-state index contributed by atoms with van der Waals surface area (Å²) in [6, 6.07) is 0. The molecule has 0 spiro atoms. The summed E-state index contributed by atoms with van der Waals surface area (Å²) in [6.45, 7) is 7.59. The first-order chi connectivity index (χ1) is 9.29. The normalized spacial score (nSPS) is 10.7. The molecule has 20 heavy (non-hydrogen) atoms. The Kier molecular flexibility index (Phi) is 5.94. The van der Waals surface area contributed by atoms with Crippen LogP contribution in [0.4, 0.5) is 5.95 Å². The van der Waals surface area contributed by atoms with Crippen molar-refractivity contribution in [3.05, 3.63) is 11.3 Å². The lowest BCUT2D eigenvalue weighted by molar-refractivity contribution is -0.114. The Morgan fingerprint density at radius 2 is 2.10 bits per heavy atom. The van der Waals surface area contributed by atoms with Crippen LogP contribution in [0, 0.1) is 18.3 Å². The number of amidine groups is 1. The quantitative estimate of drug-likeness (QED) is 0.334. The number of hydrogen-bond donors (Lipinski definition) is 3. The van der Waals surface area contributed by atoms with Crippen LogP contribution in [0.2, 0.25) is 0 Å². The number of carbonyl (C=O) groups is 1. The SMILES string of the molecule is CC(=O)Nc1nc(C)c(CCC(C)C)c(SC(=N)N)n1. The summed E-state index contributed by atoms with van der Waals surface area (Å²) in [5, 5.41) is 10.6. The van der Waals surface area contributed by atoms with E-state index in [9.17, 15) is 4.79 Å². The average Bonchev–Trinajstić information content (AvgIpc) is 2.25. The molecule has 1 aromatic rings. The van der Waals surface area contributed by atoms with E-state index in [1.165, 1.54) is 6.92 Å². The molecule has 0 radical (unpaired) electrons. The highest BCUT2D eigenvalue weighted by molar-refractivity contribution is 8.13. The smallest absolute Gasteiger partial charge is 0.230 e. The third-order valence-electron chi connectivity index (χ3n) is 2.64. The summed E-state index contributed by atoms with van der Waals surface area (Å²) in [7, 11) is 0. The van der Waals surface area contributed by atoms with Crippen LogP contribution in [0.25, 0.3) is 0 Å². The van der Waals surface area contributed by atoms with E-state index in [1.54, 1.807) is 0 Å². The predicted octanol–water partition coefficient (Wildman–Crippen LogP) is 2.32. The van der Waals surface area contributed by atoms with Crippen molar-refractivity contribution in [2.45, 2.75) is 45.6 Å². The molecule has 1 rings (SSSR count). The van der Waals surface area contributed by atoms with Gasteiger partial charge in [-0.15, -0.1) is 0 Å². The van der Waals surface area contributed by atoms with E-state index in [1.807, 2.05) is 6.92 Å². The van der Waals surface area contributed by atoms with E-state index >= 15 is 0 Å². The van der Waals surface area contributed by atoms with Crippen molar-refractivity contribution in [1.29, 1.82) is 5.41 Å². The predicted molar refractivity (Wildman–Crippen MR) is 82.0 cm³/mol. The Balaban J connectivity index is 3.12. The third-order valence-corrected chi connectivity index (χ3v) is 3.39. The molecule has 0 aromatic carbocycles. The van der Waals surface area contributed by atoms with Crippen LogP contribution in [0.3, 0.4) is 0 Å². The van der Waals surface area contributed by atoms with E-state index in [0.717, 1.165) is 35.9 Å². The number of thioether (sulfide) groups is 1. The Labute approximate surface area is 123 Å². The number of hydrogen-bond acceptors (Lipinski definition) is 5. The summed E-state index contributed by atoms with van der Waals surface area (Å²) < 4.78 is 0. The summed E-state index contributed by atoms with van der Waals surface area (Å²) in [6.07, 6.45) is 1.84. The molecule has 7 heteroatoms. The van der Waals surface area contributed by atoms with Crippen LogP contribution in [0.5, 0.6) is 0 Å². The van der Waals surface area contributed by atoms with Gasteiger partial charge in [0.15, 0.2) is 5.17 Å². The van der Waals surface area contributed by atoms with E-state index < -0.39 is 0 Å². The molecule has 0 unspecified atom stereocenters. The van der Waals surface area contributed by atoms with Crippen LogP contribution < -0.4 is 11.1 Å². The third kappa shape index (κ3) is 5.16. The second-order valence-corrected chi connectivity index (χ2v) is 6.03. The van der Waals surface area contributed by atoms with Gasteiger partial charge in [0.05, 0.1) is 0 Å². The van der Waals surface area contributed by atoms with Gasteiger partial charge in [0, 0.05) is 18.2 Å². The summed E-state index contributed by atoms with van der Waals surface area (Å²) in [5.41, 5.74) is 7.26. The first kappa shape index (κ1) is 16.4. The van der Waals surface area contributed by atoms with Crippen LogP contribution in [0.15, 0.2) is 5.03 Å². The Morgan fingerprint density at radius 3 is 2.60 bits per heavy atom. The zero-order valence-electron chi connectivity index (χ0n) is 12.3. The van der Waals surface area contributed by atoms with Crippen LogP contribution in [-0.2, 0) is 11.2 Å². The lowest BCUT2D eigenvalue weighted by Gasteiger charge is -2.13. The lowest BCUT2D eigenvalue weighted by Crippen LogP contribution is -2.13. The minimum absolute atomic E-state index is 0.0253. The molecule has 6 nitrogen and oxygen atoms in total. The molecule has 0 bridgehead atoms. The lowest BCUT2D eigenvalue weighted by atomic mass is 10.0. The van der Waals surface area contributed by atoms with Gasteiger partial charge in [-0.3, -0.25) is 15.5 Å². The van der Waals surface area contributed by atoms with E-state index in [-0.39, 0.29) is 17.0 Å². The maximum absolute atomic E-state index is 11.1. The van der Waals surface area contributed by atoms with Gasteiger partial charge >= 0.3 is 0 Å². The number of rotatable bonds is 5. The number of nitrogens with zero attached hydrogens (tertiary/aromatic N) is 2. The van der Waals surface area contributed by atoms with Crippen molar-refractivity contribution in [2.75, 3.05) is 5.32 Å². The van der Waals surface area contributed by atoms with Gasteiger partial charge in [-0.05, 0) is 37.4 Å². The molecule has 1 aromatic heterocycles. The molecule has 1 amide bonds. The topological polar surface area (TPSA) is 105 Å². The summed E-state index contributed by atoms with van der Waals surface area (Å²) in [4.78, 5) is 19.7. The van der Waals surface area contributed by atoms with Crippen LogP contribution in [-0.4, -0.2) is 21.0 Å². The van der Waals surface area contributed by atoms with Gasteiger partial charge < -0.3 is 5.73 Å². The average molecular weight is 295 g/mol. The molecule has 0 fully saturated rings. The molecule has 0 aliphatic heterocycles. The molecular weight excluding hydrogens is 274 g/mol. The second kappa shape index (κ2) is 7.23. The van der Waals surface area contributed by atoms with Crippen molar-refractivity contribution >= 4 is 28.8 Å². The number of anilines is 1. The Morgan fingerprint density at radius 1 is 1.45 bits per heavy atom. The first-order valence-corrected chi connectivity index (χ1v) is 7.28. The van der Waals surface area contributed by atoms with E-state index in [4.69, 9.17) is 11.1 Å². The van der Waals surface area contributed by atoms with E-state index in [2.05, 4.69) is 29.1 Å². The van der Waals surface area contributed by atoms with Crippen molar-refractivity contribution in [3.8, 4) is 0 Å². The molecule has 0 saturated heterocycles.